The lowest BCUT2D eigenvalue weighted by Gasteiger charge is -2.37. The Bertz CT molecular complexity index is 1240. The molecule has 210 valence electrons. The molecular formula is C27H41N9O2Si. The summed E-state index contributed by atoms with van der Waals surface area (Å²) in [4.78, 5) is 22.7. The molecule has 0 saturated heterocycles. The standard InChI is InChI=1S/C27H41N9O2Si/c1-27(2,3)39(4,5)38-16-15-29-22-11-6-7-12-23(22)34-26-30-18-21(24(28)37)25(35-26)33-19-9-8-10-20(17-19)36-31-13-14-32-36/h8-10,13-14,17-18,22-23,29H,6-7,11-12,15-16H2,1-5H3,(H2,28,37)(H2,30,33,34,35)/t22-,23+/m0/s1. The van der Waals surface area contributed by atoms with Crippen LogP contribution in [0.1, 0.15) is 56.8 Å². The number of carbonyl (C=O) groups excluding carboxylic acids is 1. The number of hydrogen-bond donors (Lipinski definition) is 4. The Morgan fingerprint density at radius 3 is 2.56 bits per heavy atom. The third-order valence-electron chi connectivity index (χ3n) is 7.67. The Balaban J connectivity index is 1.44. The molecule has 1 aliphatic carbocycles. The van der Waals surface area contributed by atoms with Crippen LogP contribution in [0.5, 0.6) is 0 Å². The van der Waals surface area contributed by atoms with Gasteiger partial charge in [-0.05, 0) is 49.2 Å². The first kappa shape index (κ1) is 28.6. The normalized spacial score (nSPS) is 18.1. The van der Waals surface area contributed by atoms with Gasteiger partial charge < -0.3 is 26.1 Å². The second-order valence-electron chi connectivity index (χ2n) is 11.5. The number of nitrogens with one attached hydrogen (secondary N) is 3. The number of nitrogens with two attached hydrogens (primary N) is 1. The van der Waals surface area contributed by atoms with E-state index in [0.29, 0.717) is 18.4 Å². The van der Waals surface area contributed by atoms with Crippen LogP contribution in [0.4, 0.5) is 17.5 Å². The lowest BCUT2D eigenvalue weighted by molar-refractivity contribution is 0.100. The Labute approximate surface area is 231 Å². The van der Waals surface area contributed by atoms with E-state index in [-0.39, 0.29) is 22.7 Å². The average Bonchev–Trinajstić information content (AvgIpc) is 3.42. The van der Waals surface area contributed by atoms with Crippen molar-refractivity contribution in [3.05, 3.63) is 48.4 Å². The van der Waals surface area contributed by atoms with Gasteiger partial charge >= 0.3 is 0 Å². The summed E-state index contributed by atoms with van der Waals surface area (Å²) in [6, 6.07) is 7.94. The van der Waals surface area contributed by atoms with Crippen LogP contribution < -0.4 is 21.7 Å². The number of rotatable bonds is 11. The lowest BCUT2D eigenvalue weighted by atomic mass is 9.90. The van der Waals surface area contributed by atoms with Gasteiger partial charge in [0.2, 0.25) is 5.95 Å². The number of nitrogens with zero attached hydrogens (tertiary/aromatic N) is 5. The number of aromatic nitrogens is 5. The van der Waals surface area contributed by atoms with Crippen LogP contribution >= 0.6 is 0 Å². The maximum Gasteiger partial charge on any atom is 0.254 e. The number of primary amides is 1. The first-order valence-electron chi connectivity index (χ1n) is 13.6. The molecule has 0 spiro atoms. The maximum atomic E-state index is 12.1. The number of amides is 1. The smallest absolute Gasteiger partial charge is 0.254 e. The molecule has 5 N–H and O–H groups in total. The van der Waals surface area contributed by atoms with E-state index in [4.69, 9.17) is 10.2 Å². The molecule has 1 fully saturated rings. The molecular weight excluding hydrogens is 510 g/mol. The van der Waals surface area contributed by atoms with Crippen LogP contribution in [0.2, 0.25) is 18.1 Å². The van der Waals surface area contributed by atoms with E-state index in [2.05, 4.69) is 70.0 Å². The maximum absolute atomic E-state index is 12.1. The quantitative estimate of drug-likeness (QED) is 0.203. The third-order valence-corrected chi connectivity index (χ3v) is 12.2. The summed E-state index contributed by atoms with van der Waals surface area (Å²) in [6.45, 7) is 12.8. The molecule has 2 heterocycles. The molecule has 1 aliphatic rings. The molecule has 1 amide bonds. The van der Waals surface area contributed by atoms with Gasteiger partial charge in [0.25, 0.3) is 5.91 Å². The monoisotopic (exact) mass is 551 g/mol. The van der Waals surface area contributed by atoms with Crippen LogP contribution in [0.3, 0.4) is 0 Å². The topological polar surface area (TPSA) is 145 Å². The molecule has 0 radical (unpaired) electrons. The first-order valence-corrected chi connectivity index (χ1v) is 16.5. The van der Waals surface area contributed by atoms with E-state index in [1.165, 1.54) is 17.4 Å². The highest BCUT2D eigenvalue weighted by Gasteiger charge is 2.37. The molecule has 1 aromatic carbocycles. The van der Waals surface area contributed by atoms with Gasteiger partial charge in [-0.15, -0.1) is 0 Å². The summed E-state index contributed by atoms with van der Waals surface area (Å²) < 4.78 is 6.35. The molecule has 3 aromatic rings. The van der Waals surface area contributed by atoms with Crippen molar-refractivity contribution < 1.29 is 9.22 Å². The predicted octanol–water partition coefficient (Wildman–Crippen LogP) is 4.23. The van der Waals surface area contributed by atoms with E-state index >= 15 is 0 Å². The van der Waals surface area contributed by atoms with Gasteiger partial charge in [-0.2, -0.15) is 20.0 Å². The lowest BCUT2D eigenvalue weighted by Crippen LogP contribution is -2.48. The minimum atomic E-state index is -1.77. The summed E-state index contributed by atoms with van der Waals surface area (Å²) in [5, 5.41) is 19.0. The van der Waals surface area contributed by atoms with Gasteiger partial charge in [0.1, 0.15) is 11.4 Å². The fourth-order valence-electron chi connectivity index (χ4n) is 4.40. The van der Waals surface area contributed by atoms with Crippen LogP contribution in [0, 0.1) is 0 Å². The van der Waals surface area contributed by atoms with Gasteiger partial charge in [-0.3, -0.25) is 4.79 Å². The van der Waals surface area contributed by atoms with E-state index in [9.17, 15) is 4.79 Å². The minimum absolute atomic E-state index is 0.160. The van der Waals surface area contributed by atoms with E-state index in [0.717, 1.165) is 37.2 Å². The summed E-state index contributed by atoms with van der Waals surface area (Å²) in [7, 11) is -1.77. The largest absolute Gasteiger partial charge is 0.416 e. The number of benzene rings is 1. The predicted molar refractivity (Wildman–Crippen MR) is 156 cm³/mol. The van der Waals surface area contributed by atoms with Crippen molar-refractivity contribution in [1.82, 2.24) is 30.3 Å². The second kappa shape index (κ2) is 12.2. The Morgan fingerprint density at radius 1 is 1.15 bits per heavy atom. The Kier molecular flexibility index (Phi) is 8.98. The Morgan fingerprint density at radius 2 is 1.87 bits per heavy atom. The molecule has 39 heavy (non-hydrogen) atoms. The van der Waals surface area contributed by atoms with Crippen molar-refractivity contribution in [2.75, 3.05) is 23.8 Å². The number of anilines is 3. The van der Waals surface area contributed by atoms with Gasteiger partial charge in [-0.25, -0.2) is 4.98 Å². The first-order chi connectivity index (χ1) is 18.5. The number of carbonyl (C=O) groups is 1. The molecule has 1 saturated carbocycles. The highest BCUT2D eigenvalue weighted by molar-refractivity contribution is 6.74. The van der Waals surface area contributed by atoms with Crippen molar-refractivity contribution in [2.24, 2.45) is 5.73 Å². The fourth-order valence-corrected chi connectivity index (χ4v) is 5.45. The molecule has 0 aliphatic heterocycles. The van der Waals surface area contributed by atoms with Crippen molar-refractivity contribution in [3.8, 4) is 5.69 Å². The Hall–Kier alpha value is -3.35. The summed E-state index contributed by atoms with van der Waals surface area (Å²) >= 11 is 0. The van der Waals surface area contributed by atoms with Crippen LogP contribution in [-0.4, -0.2) is 64.4 Å². The zero-order chi connectivity index (χ0) is 28.0. The van der Waals surface area contributed by atoms with E-state index in [1.54, 1.807) is 12.4 Å². The SMILES string of the molecule is CC(C)(C)[Si](C)(C)OCCN[C@H]1CCCC[C@H]1Nc1ncc(C(N)=O)c(Nc2cccc(-n3nccn3)c2)n1. The van der Waals surface area contributed by atoms with Crippen molar-refractivity contribution in [2.45, 2.75) is 76.7 Å². The molecule has 0 unspecified atom stereocenters. The van der Waals surface area contributed by atoms with E-state index in [1.807, 2.05) is 24.3 Å². The van der Waals surface area contributed by atoms with Gasteiger partial charge in [0.05, 0.1) is 18.1 Å². The summed E-state index contributed by atoms with van der Waals surface area (Å²) in [6.07, 6.45) is 9.08. The molecule has 2 aromatic heterocycles. The average molecular weight is 552 g/mol. The molecule has 2 atom stereocenters. The highest BCUT2D eigenvalue weighted by atomic mass is 28.4. The van der Waals surface area contributed by atoms with Crippen molar-refractivity contribution in [3.63, 3.8) is 0 Å². The van der Waals surface area contributed by atoms with Gasteiger partial charge in [-0.1, -0.05) is 39.7 Å². The molecule has 12 heteroatoms. The minimum Gasteiger partial charge on any atom is -0.416 e. The third kappa shape index (κ3) is 7.40. The zero-order valence-corrected chi connectivity index (χ0v) is 24.6. The van der Waals surface area contributed by atoms with Gasteiger partial charge in [0, 0.05) is 37.1 Å². The van der Waals surface area contributed by atoms with Crippen molar-refractivity contribution in [1.29, 1.82) is 0 Å². The molecule has 11 nitrogen and oxygen atoms in total. The molecule has 0 bridgehead atoms. The van der Waals surface area contributed by atoms with Gasteiger partial charge in [0.15, 0.2) is 8.32 Å². The van der Waals surface area contributed by atoms with E-state index < -0.39 is 14.2 Å². The fraction of sp³-hybridized carbons (Fsp3) is 0.519. The van der Waals surface area contributed by atoms with Crippen LogP contribution in [-0.2, 0) is 4.43 Å². The summed E-state index contributed by atoms with van der Waals surface area (Å²) in [5.74, 6) is 0.185. The van der Waals surface area contributed by atoms with Crippen LogP contribution in [0.25, 0.3) is 5.69 Å². The zero-order valence-electron chi connectivity index (χ0n) is 23.6. The summed E-state index contributed by atoms with van der Waals surface area (Å²) in [5.41, 5.74) is 7.34. The highest BCUT2D eigenvalue weighted by Crippen LogP contribution is 2.36. The number of hydrogen-bond acceptors (Lipinski definition) is 9. The van der Waals surface area contributed by atoms with Crippen molar-refractivity contribution >= 4 is 31.7 Å². The second-order valence-corrected chi connectivity index (χ2v) is 16.3. The van der Waals surface area contributed by atoms with Crippen LogP contribution in [0.15, 0.2) is 42.9 Å². The molecule has 4 rings (SSSR count).